The van der Waals surface area contributed by atoms with Gasteiger partial charge >= 0.3 is 0 Å². The Hall–Kier alpha value is -1.37. The highest BCUT2D eigenvalue weighted by Crippen LogP contribution is 2.25. The van der Waals surface area contributed by atoms with E-state index < -0.39 is 0 Å². The van der Waals surface area contributed by atoms with Crippen molar-refractivity contribution in [3.05, 3.63) is 45.7 Å². The molecule has 0 saturated carbocycles. The molecule has 1 aromatic heterocycles. The Morgan fingerprint density at radius 1 is 1.50 bits per heavy atom. The van der Waals surface area contributed by atoms with Crippen molar-refractivity contribution in [3.63, 3.8) is 0 Å². The lowest BCUT2D eigenvalue weighted by atomic mass is 10.3. The second-order valence-electron chi connectivity index (χ2n) is 5.05. The average molecular weight is 386 g/mol. The van der Waals surface area contributed by atoms with Crippen molar-refractivity contribution in [2.45, 2.75) is 20.0 Å². The number of anilines is 1. The normalized spacial score (nSPS) is 11.0. The maximum Gasteiger partial charge on any atom is 0.238 e. The van der Waals surface area contributed by atoms with E-state index in [0.717, 1.165) is 16.6 Å². The van der Waals surface area contributed by atoms with Gasteiger partial charge in [-0.25, -0.2) is 0 Å². The van der Waals surface area contributed by atoms with Gasteiger partial charge in [0, 0.05) is 29.3 Å². The number of amides is 1. The fourth-order valence-electron chi connectivity index (χ4n) is 2.05. The summed E-state index contributed by atoms with van der Waals surface area (Å²) in [5.41, 5.74) is 1.70. The first-order valence-corrected chi connectivity index (χ1v) is 8.09. The zero-order valence-corrected chi connectivity index (χ0v) is 14.9. The summed E-state index contributed by atoms with van der Waals surface area (Å²) in [7, 11) is 1.89. The molecule has 1 heterocycles. The van der Waals surface area contributed by atoms with Gasteiger partial charge in [-0.1, -0.05) is 27.5 Å². The molecule has 5 nitrogen and oxygen atoms in total. The average Bonchev–Trinajstić information content (AvgIpc) is 2.89. The van der Waals surface area contributed by atoms with Crippen molar-refractivity contribution >= 4 is 39.1 Å². The van der Waals surface area contributed by atoms with Crippen LogP contribution in [0.3, 0.4) is 0 Å². The number of nitrogens with zero attached hydrogens (tertiary/aromatic N) is 3. The number of carbonyl (C=O) groups excluding carboxylic acids is 1. The minimum absolute atomic E-state index is 0.102. The third-order valence-corrected chi connectivity index (χ3v) is 3.89. The van der Waals surface area contributed by atoms with E-state index in [-0.39, 0.29) is 12.5 Å². The van der Waals surface area contributed by atoms with E-state index in [0.29, 0.717) is 17.3 Å². The fraction of sp³-hybridized carbons (Fsp3) is 0.333. The van der Waals surface area contributed by atoms with Gasteiger partial charge in [-0.05, 0) is 32.2 Å². The molecule has 0 aliphatic carbocycles. The first-order valence-electron chi connectivity index (χ1n) is 6.92. The van der Waals surface area contributed by atoms with E-state index in [9.17, 15) is 4.79 Å². The Balaban J connectivity index is 1.88. The van der Waals surface area contributed by atoms with Gasteiger partial charge in [-0.2, -0.15) is 5.10 Å². The van der Waals surface area contributed by atoms with Crippen molar-refractivity contribution in [1.82, 2.24) is 14.7 Å². The Morgan fingerprint density at radius 3 is 2.91 bits per heavy atom. The van der Waals surface area contributed by atoms with Gasteiger partial charge in [0.2, 0.25) is 5.91 Å². The molecule has 1 aromatic carbocycles. The summed E-state index contributed by atoms with van der Waals surface area (Å²) in [6, 6.07) is 5.36. The van der Waals surface area contributed by atoms with Gasteiger partial charge in [-0.3, -0.25) is 14.4 Å². The van der Waals surface area contributed by atoms with Gasteiger partial charge < -0.3 is 5.32 Å². The smallest absolute Gasteiger partial charge is 0.238 e. The summed E-state index contributed by atoms with van der Waals surface area (Å²) >= 11 is 9.42. The second-order valence-corrected chi connectivity index (χ2v) is 6.37. The van der Waals surface area contributed by atoms with Gasteiger partial charge in [0.25, 0.3) is 0 Å². The largest absolute Gasteiger partial charge is 0.324 e. The number of carbonyl (C=O) groups is 1. The molecule has 0 aliphatic heterocycles. The van der Waals surface area contributed by atoms with Crippen LogP contribution in [0.5, 0.6) is 0 Å². The first kappa shape index (κ1) is 17.0. The number of hydrogen-bond donors (Lipinski definition) is 1. The van der Waals surface area contributed by atoms with Gasteiger partial charge in [0.15, 0.2) is 0 Å². The Bertz CT molecular complexity index is 659. The minimum atomic E-state index is -0.102. The summed E-state index contributed by atoms with van der Waals surface area (Å²) < 4.78 is 2.74. The van der Waals surface area contributed by atoms with E-state index in [1.54, 1.807) is 12.1 Å². The van der Waals surface area contributed by atoms with Crippen LogP contribution in [0.25, 0.3) is 0 Å². The number of aromatic nitrogens is 2. The van der Waals surface area contributed by atoms with E-state index in [4.69, 9.17) is 11.6 Å². The molecular formula is C15H18BrClN4O. The SMILES string of the molecule is CCn1cc(CN(C)CC(=O)Nc2ccc(Br)cc2Cl)cn1. The molecule has 0 fully saturated rings. The van der Waals surface area contributed by atoms with Crippen LogP contribution in [-0.4, -0.2) is 34.2 Å². The summed E-state index contributed by atoms with van der Waals surface area (Å²) in [5.74, 6) is -0.102. The molecule has 2 aromatic rings. The van der Waals surface area contributed by atoms with Crippen molar-refractivity contribution in [1.29, 1.82) is 0 Å². The third-order valence-electron chi connectivity index (χ3n) is 3.08. The highest BCUT2D eigenvalue weighted by molar-refractivity contribution is 9.10. The molecule has 0 unspecified atom stereocenters. The number of aryl methyl sites for hydroxylation is 1. The predicted molar refractivity (Wildman–Crippen MR) is 92.0 cm³/mol. The summed E-state index contributed by atoms with van der Waals surface area (Å²) in [6.07, 6.45) is 3.81. The standard InChI is InChI=1S/C15H18BrClN4O/c1-3-21-9-11(7-18-21)8-20(2)10-15(22)19-14-5-4-12(16)6-13(14)17/h4-7,9H,3,8,10H2,1-2H3,(H,19,22). The molecule has 118 valence electrons. The van der Waals surface area contributed by atoms with Crippen LogP contribution in [0.15, 0.2) is 35.1 Å². The first-order chi connectivity index (χ1) is 10.5. The molecule has 0 radical (unpaired) electrons. The molecular weight excluding hydrogens is 368 g/mol. The van der Waals surface area contributed by atoms with Crippen LogP contribution in [0.1, 0.15) is 12.5 Å². The molecule has 1 amide bonds. The van der Waals surface area contributed by atoms with Crippen LogP contribution >= 0.6 is 27.5 Å². The molecule has 0 atom stereocenters. The Kier molecular flexibility index (Phi) is 5.99. The number of halogens is 2. The molecule has 2 rings (SSSR count). The zero-order valence-electron chi connectivity index (χ0n) is 12.5. The number of likely N-dealkylation sites (N-methyl/N-ethyl adjacent to an activating group) is 1. The molecule has 0 spiro atoms. The van der Waals surface area contributed by atoms with Gasteiger partial charge in [-0.15, -0.1) is 0 Å². The lowest BCUT2D eigenvalue weighted by molar-refractivity contribution is -0.117. The number of benzene rings is 1. The number of hydrogen-bond acceptors (Lipinski definition) is 3. The summed E-state index contributed by atoms with van der Waals surface area (Å²) in [5, 5.41) is 7.55. The van der Waals surface area contributed by atoms with Crippen LogP contribution in [-0.2, 0) is 17.9 Å². The molecule has 7 heteroatoms. The van der Waals surface area contributed by atoms with Crippen molar-refractivity contribution < 1.29 is 4.79 Å². The molecule has 1 N–H and O–H groups in total. The number of rotatable bonds is 6. The van der Waals surface area contributed by atoms with E-state index in [2.05, 4.69) is 26.3 Å². The highest BCUT2D eigenvalue weighted by Gasteiger charge is 2.10. The maximum absolute atomic E-state index is 12.1. The van der Waals surface area contributed by atoms with Crippen LogP contribution < -0.4 is 5.32 Å². The lowest BCUT2D eigenvalue weighted by Crippen LogP contribution is -2.29. The molecule has 0 aliphatic rings. The van der Waals surface area contributed by atoms with Crippen LogP contribution in [0.4, 0.5) is 5.69 Å². The van der Waals surface area contributed by atoms with E-state index >= 15 is 0 Å². The van der Waals surface area contributed by atoms with Crippen molar-refractivity contribution in [3.8, 4) is 0 Å². The summed E-state index contributed by atoms with van der Waals surface area (Å²) in [4.78, 5) is 14.0. The highest BCUT2D eigenvalue weighted by atomic mass is 79.9. The summed E-state index contributed by atoms with van der Waals surface area (Å²) in [6.45, 7) is 3.83. The Morgan fingerprint density at radius 2 is 2.27 bits per heavy atom. The molecule has 0 bridgehead atoms. The Labute approximate surface area is 143 Å². The van der Waals surface area contributed by atoms with E-state index in [1.165, 1.54) is 0 Å². The van der Waals surface area contributed by atoms with Crippen molar-refractivity contribution in [2.75, 3.05) is 18.9 Å². The molecule has 22 heavy (non-hydrogen) atoms. The minimum Gasteiger partial charge on any atom is -0.324 e. The van der Waals surface area contributed by atoms with Gasteiger partial charge in [0.05, 0.1) is 23.5 Å². The van der Waals surface area contributed by atoms with Gasteiger partial charge in [0.1, 0.15) is 0 Å². The lowest BCUT2D eigenvalue weighted by Gasteiger charge is -2.15. The number of nitrogens with one attached hydrogen (secondary N) is 1. The zero-order chi connectivity index (χ0) is 16.1. The van der Waals surface area contributed by atoms with E-state index in [1.807, 2.05) is 42.0 Å². The second kappa shape index (κ2) is 7.76. The predicted octanol–water partition coefficient (Wildman–Crippen LogP) is 3.39. The van der Waals surface area contributed by atoms with Crippen LogP contribution in [0.2, 0.25) is 5.02 Å². The quantitative estimate of drug-likeness (QED) is 0.829. The molecule has 0 saturated heterocycles. The van der Waals surface area contributed by atoms with Crippen LogP contribution in [0, 0.1) is 0 Å². The maximum atomic E-state index is 12.1. The fourth-order valence-corrected chi connectivity index (χ4v) is 2.77. The monoisotopic (exact) mass is 384 g/mol. The topological polar surface area (TPSA) is 50.2 Å². The van der Waals surface area contributed by atoms with Crippen molar-refractivity contribution in [2.24, 2.45) is 0 Å². The third kappa shape index (κ3) is 4.83.